The van der Waals surface area contributed by atoms with Gasteiger partial charge >= 0.3 is 7.12 Å². The highest BCUT2D eigenvalue weighted by Gasteiger charge is 2.52. The lowest BCUT2D eigenvalue weighted by Gasteiger charge is -2.32. The molecule has 114 valence electrons. The first kappa shape index (κ1) is 15.0. The quantitative estimate of drug-likeness (QED) is 0.847. The molecule has 1 atom stereocenters. The van der Waals surface area contributed by atoms with Crippen LogP contribution in [0.1, 0.15) is 58.6 Å². The molecule has 0 amide bonds. The van der Waals surface area contributed by atoms with Crippen LogP contribution in [0.25, 0.3) is 0 Å². The molecule has 1 aromatic rings. The van der Waals surface area contributed by atoms with Gasteiger partial charge in [-0.2, -0.15) is 0 Å². The highest BCUT2D eigenvalue weighted by Crippen LogP contribution is 2.37. The molecule has 2 fully saturated rings. The van der Waals surface area contributed by atoms with Crippen LogP contribution in [-0.2, 0) is 9.31 Å². The molecule has 3 heterocycles. The fourth-order valence-corrected chi connectivity index (χ4v) is 3.02. The van der Waals surface area contributed by atoms with Crippen molar-refractivity contribution in [3.8, 4) is 0 Å². The lowest BCUT2D eigenvalue weighted by atomic mass is 9.74. The first-order valence-corrected chi connectivity index (χ1v) is 7.93. The number of aromatic nitrogens is 1. The smallest absolute Gasteiger partial charge is 0.399 e. The van der Waals surface area contributed by atoms with Gasteiger partial charge in [0.2, 0.25) is 0 Å². The van der Waals surface area contributed by atoms with Crippen LogP contribution >= 0.6 is 0 Å². The third-order valence-electron chi connectivity index (χ3n) is 5.08. The third kappa shape index (κ3) is 2.74. The van der Waals surface area contributed by atoms with E-state index in [-0.39, 0.29) is 18.3 Å². The Kier molecular flexibility index (Phi) is 3.84. The van der Waals surface area contributed by atoms with E-state index in [1.165, 1.54) is 18.4 Å². The van der Waals surface area contributed by atoms with Gasteiger partial charge in [0, 0.05) is 23.9 Å². The Bertz CT molecular complexity index is 497. The van der Waals surface area contributed by atoms with Gasteiger partial charge in [-0.15, -0.1) is 0 Å². The summed E-state index contributed by atoms with van der Waals surface area (Å²) in [4.78, 5) is 4.29. The zero-order chi connectivity index (χ0) is 15.1. The van der Waals surface area contributed by atoms with Gasteiger partial charge in [-0.05, 0) is 58.7 Å². The molecule has 1 aromatic heterocycles. The number of nitrogens with one attached hydrogen (secondary N) is 1. The van der Waals surface area contributed by atoms with E-state index in [1.807, 2.05) is 12.4 Å². The van der Waals surface area contributed by atoms with Crippen LogP contribution in [0.2, 0.25) is 0 Å². The number of hydrogen-bond acceptors (Lipinski definition) is 4. The maximum atomic E-state index is 6.19. The van der Waals surface area contributed by atoms with Crippen LogP contribution in [0, 0.1) is 0 Å². The molecular weight excluding hydrogens is 263 g/mol. The van der Waals surface area contributed by atoms with Crippen LogP contribution in [0.5, 0.6) is 0 Å². The van der Waals surface area contributed by atoms with Crippen molar-refractivity contribution in [3.63, 3.8) is 0 Å². The molecule has 3 rings (SSSR count). The van der Waals surface area contributed by atoms with E-state index < -0.39 is 0 Å². The summed E-state index contributed by atoms with van der Waals surface area (Å²) in [5.41, 5.74) is 1.70. The van der Waals surface area contributed by atoms with E-state index in [2.05, 4.69) is 44.1 Å². The number of pyridine rings is 1. The van der Waals surface area contributed by atoms with Crippen molar-refractivity contribution < 1.29 is 9.31 Å². The van der Waals surface area contributed by atoms with Crippen molar-refractivity contribution in [2.24, 2.45) is 0 Å². The van der Waals surface area contributed by atoms with Gasteiger partial charge < -0.3 is 14.6 Å². The third-order valence-corrected chi connectivity index (χ3v) is 5.08. The minimum atomic E-state index is -0.331. The van der Waals surface area contributed by atoms with Crippen molar-refractivity contribution >= 4 is 12.6 Å². The van der Waals surface area contributed by atoms with Gasteiger partial charge in [0.1, 0.15) is 0 Å². The number of nitrogens with zero attached hydrogens (tertiary/aromatic N) is 1. The maximum Gasteiger partial charge on any atom is 0.496 e. The largest absolute Gasteiger partial charge is 0.496 e. The molecule has 0 aliphatic carbocycles. The summed E-state index contributed by atoms with van der Waals surface area (Å²) in [6.07, 6.45) is 7.45. The van der Waals surface area contributed by atoms with Crippen LogP contribution in [0.3, 0.4) is 0 Å². The first-order valence-electron chi connectivity index (χ1n) is 7.93. The van der Waals surface area contributed by atoms with E-state index in [4.69, 9.17) is 9.31 Å². The molecule has 4 nitrogen and oxygen atoms in total. The molecule has 2 saturated heterocycles. The Hall–Kier alpha value is -0.905. The van der Waals surface area contributed by atoms with Gasteiger partial charge in [-0.1, -0.05) is 6.42 Å². The second-order valence-electron chi connectivity index (χ2n) is 7.10. The molecule has 2 aliphatic heterocycles. The van der Waals surface area contributed by atoms with Crippen molar-refractivity contribution in [2.45, 2.75) is 64.2 Å². The fraction of sp³-hybridized carbons (Fsp3) is 0.688. The van der Waals surface area contributed by atoms with Gasteiger partial charge in [0.15, 0.2) is 0 Å². The van der Waals surface area contributed by atoms with Gasteiger partial charge in [0.25, 0.3) is 0 Å². The molecule has 2 aliphatic rings. The Labute approximate surface area is 127 Å². The standard InChI is InChI=1S/C16H25BN2O2/c1-15(2)16(3,4)21-17(20-15)13-11-18-10-8-12(13)14-7-5-6-9-19-14/h8,10-11,14,19H,5-7,9H2,1-4H3/t14-/m0/s1. The van der Waals surface area contributed by atoms with Crippen molar-refractivity contribution in [1.29, 1.82) is 0 Å². The molecule has 0 aromatic carbocycles. The van der Waals surface area contributed by atoms with E-state index >= 15 is 0 Å². The summed E-state index contributed by atoms with van der Waals surface area (Å²) in [6.45, 7) is 9.42. The Morgan fingerprint density at radius 3 is 2.52 bits per heavy atom. The summed E-state index contributed by atoms with van der Waals surface area (Å²) >= 11 is 0. The molecule has 1 N–H and O–H groups in total. The lowest BCUT2D eigenvalue weighted by molar-refractivity contribution is 0.00578. The molecule has 0 unspecified atom stereocenters. The van der Waals surface area contributed by atoms with E-state index in [9.17, 15) is 0 Å². The molecule has 0 saturated carbocycles. The molecule has 0 bridgehead atoms. The highest BCUT2D eigenvalue weighted by molar-refractivity contribution is 6.62. The Balaban J connectivity index is 1.89. The van der Waals surface area contributed by atoms with Crippen LogP contribution < -0.4 is 10.8 Å². The predicted octanol–water partition coefficient (Wildman–Crippen LogP) is 2.20. The minimum Gasteiger partial charge on any atom is -0.399 e. The van der Waals surface area contributed by atoms with E-state index in [1.54, 1.807) is 0 Å². The topological polar surface area (TPSA) is 43.4 Å². The molecule has 21 heavy (non-hydrogen) atoms. The normalized spacial score (nSPS) is 27.8. The van der Waals surface area contributed by atoms with Crippen LogP contribution in [0.15, 0.2) is 18.5 Å². The van der Waals surface area contributed by atoms with Crippen molar-refractivity contribution in [1.82, 2.24) is 10.3 Å². The zero-order valence-electron chi connectivity index (χ0n) is 13.5. The highest BCUT2D eigenvalue weighted by atomic mass is 16.7. The summed E-state index contributed by atoms with van der Waals surface area (Å²) in [5.74, 6) is 0. The summed E-state index contributed by atoms with van der Waals surface area (Å²) in [5, 5.41) is 3.60. The fourth-order valence-electron chi connectivity index (χ4n) is 3.02. The van der Waals surface area contributed by atoms with Crippen molar-refractivity contribution in [3.05, 3.63) is 24.0 Å². The van der Waals surface area contributed by atoms with Gasteiger partial charge in [0.05, 0.1) is 11.2 Å². The Morgan fingerprint density at radius 2 is 1.90 bits per heavy atom. The van der Waals surface area contributed by atoms with Gasteiger partial charge in [-0.3, -0.25) is 4.98 Å². The number of piperidine rings is 1. The van der Waals surface area contributed by atoms with E-state index in [0.29, 0.717) is 6.04 Å². The second-order valence-corrected chi connectivity index (χ2v) is 7.10. The van der Waals surface area contributed by atoms with Crippen molar-refractivity contribution in [2.75, 3.05) is 6.54 Å². The number of rotatable bonds is 2. The number of hydrogen-bond donors (Lipinski definition) is 1. The maximum absolute atomic E-state index is 6.19. The zero-order valence-corrected chi connectivity index (χ0v) is 13.5. The average Bonchev–Trinajstić information content (AvgIpc) is 2.68. The Morgan fingerprint density at radius 1 is 1.19 bits per heavy atom. The average molecular weight is 288 g/mol. The summed E-state index contributed by atoms with van der Waals surface area (Å²) in [7, 11) is -0.331. The van der Waals surface area contributed by atoms with Crippen LogP contribution in [-0.4, -0.2) is 29.8 Å². The van der Waals surface area contributed by atoms with Gasteiger partial charge in [-0.25, -0.2) is 0 Å². The second kappa shape index (κ2) is 5.38. The summed E-state index contributed by atoms with van der Waals surface area (Å²) in [6, 6.07) is 2.49. The molecule has 0 spiro atoms. The van der Waals surface area contributed by atoms with Crippen LogP contribution in [0.4, 0.5) is 0 Å². The monoisotopic (exact) mass is 288 g/mol. The SMILES string of the molecule is CC1(C)OB(c2cnccc2[C@@H]2CCCCN2)OC1(C)C. The lowest BCUT2D eigenvalue weighted by Crippen LogP contribution is -2.41. The molecular formula is C16H25BN2O2. The molecule has 0 radical (unpaired) electrons. The predicted molar refractivity (Wildman–Crippen MR) is 84.5 cm³/mol. The minimum absolute atomic E-state index is 0.315. The van der Waals surface area contributed by atoms with E-state index in [0.717, 1.165) is 18.4 Å². The summed E-state index contributed by atoms with van der Waals surface area (Å²) < 4.78 is 12.4. The first-order chi connectivity index (χ1) is 9.91. The molecule has 5 heteroatoms.